The monoisotopic (exact) mass is 316 g/mol. The van der Waals surface area contributed by atoms with E-state index in [9.17, 15) is 14.9 Å². The molecule has 0 fully saturated rings. The number of benzene rings is 1. The van der Waals surface area contributed by atoms with Gasteiger partial charge in [-0.2, -0.15) is 5.10 Å². The Morgan fingerprint density at radius 3 is 2.57 bits per heavy atom. The lowest BCUT2D eigenvalue weighted by atomic mass is 10.0. The normalized spacial score (nSPS) is 12.0. The Morgan fingerprint density at radius 1 is 1.35 bits per heavy atom. The molecule has 23 heavy (non-hydrogen) atoms. The molecule has 0 aliphatic carbocycles. The topological polar surface area (TPSA) is 90.1 Å². The molecule has 2 rings (SSSR count). The molecule has 1 aromatic carbocycles. The third-order valence-corrected chi connectivity index (χ3v) is 3.52. The average molecular weight is 316 g/mol. The summed E-state index contributed by atoms with van der Waals surface area (Å²) < 4.78 is 1.40. The molecule has 2 aromatic rings. The second-order valence-corrected chi connectivity index (χ2v) is 5.68. The van der Waals surface area contributed by atoms with Gasteiger partial charge in [-0.05, 0) is 26.3 Å². The molecule has 1 amide bonds. The fourth-order valence-electron chi connectivity index (χ4n) is 2.44. The van der Waals surface area contributed by atoms with E-state index in [4.69, 9.17) is 0 Å². The van der Waals surface area contributed by atoms with E-state index in [0.29, 0.717) is 6.54 Å². The highest BCUT2D eigenvalue weighted by molar-refractivity contribution is 5.76. The average Bonchev–Trinajstić information content (AvgIpc) is 2.93. The molecular weight excluding hydrogens is 296 g/mol. The van der Waals surface area contributed by atoms with Gasteiger partial charge in [0, 0.05) is 13.0 Å². The minimum absolute atomic E-state index is 0.0750. The first kappa shape index (κ1) is 16.7. The van der Waals surface area contributed by atoms with Crippen LogP contribution < -0.4 is 5.32 Å². The number of amides is 1. The molecule has 0 unspecified atom stereocenters. The quantitative estimate of drug-likeness (QED) is 0.655. The van der Waals surface area contributed by atoms with Crippen LogP contribution in [-0.4, -0.2) is 20.6 Å². The predicted molar refractivity (Wildman–Crippen MR) is 86.0 cm³/mol. The maximum Gasteiger partial charge on any atom is 0.306 e. The first-order valence-corrected chi connectivity index (χ1v) is 7.39. The van der Waals surface area contributed by atoms with E-state index in [1.807, 2.05) is 20.8 Å². The highest BCUT2D eigenvalue weighted by atomic mass is 16.6. The number of aromatic nitrogens is 2. The Morgan fingerprint density at radius 2 is 2.00 bits per heavy atom. The van der Waals surface area contributed by atoms with Gasteiger partial charge in [-0.3, -0.25) is 19.6 Å². The van der Waals surface area contributed by atoms with E-state index < -0.39 is 4.92 Å². The summed E-state index contributed by atoms with van der Waals surface area (Å²) in [6.45, 7) is 6.29. The molecule has 7 nitrogen and oxygen atoms in total. The summed E-state index contributed by atoms with van der Waals surface area (Å²) in [6, 6.07) is 6.10. The van der Waals surface area contributed by atoms with Crippen LogP contribution in [0.25, 0.3) is 0 Å². The maximum atomic E-state index is 12.0. The van der Waals surface area contributed by atoms with E-state index in [1.165, 1.54) is 17.1 Å². The fraction of sp³-hybridized carbons (Fsp3) is 0.375. The summed E-state index contributed by atoms with van der Waals surface area (Å²) in [4.78, 5) is 22.1. The number of nitro groups is 1. The van der Waals surface area contributed by atoms with Crippen LogP contribution in [0, 0.1) is 24.0 Å². The molecule has 0 bridgehead atoms. The van der Waals surface area contributed by atoms with Crippen molar-refractivity contribution in [3.63, 3.8) is 0 Å². The summed E-state index contributed by atoms with van der Waals surface area (Å²) in [5.41, 5.74) is 3.30. The van der Waals surface area contributed by atoms with E-state index in [0.717, 1.165) is 16.7 Å². The molecule has 0 spiro atoms. The Hall–Kier alpha value is -2.70. The number of carbonyl (C=O) groups is 1. The minimum Gasteiger partial charge on any atom is -0.350 e. The molecule has 1 aromatic heterocycles. The van der Waals surface area contributed by atoms with Gasteiger partial charge in [-0.15, -0.1) is 0 Å². The van der Waals surface area contributed by atoms with Gasteiger partial charge in [0.15, 0.2) is 0 Å². The lowest BCUT2D eigenvalue weighted by Crippen LogP contribution is -2.27. The smallest absolute Gasteiger partial charge is 0.306 e. The fourth-order valence-corrected chi connectivity index (χ4v) is 2.44. The zero-order valence-corrected chi connectivity index (χ0v) is 13.4. The minimum atomic E-state index is -0.508. The summed E-state index contributed by atoms with van der Waals surface area (Å²) in [7, 11) is 0. The van der Waals surface area contributed by atoms with Gasteiger partial charge < -0.3 is 5.32 Å². The Kier molecular flexibility index (Phi) is 5.10. The summed E-state index contributed by atoms with van der Waals surface area (Å²) in [6.07, 6.45) is 2.71. The van der Waals surface area contributed by atoms with Gasteiger partial charge in [-0.25, -0.2) is 0 Å². The Labute approximate surface area is 134 Å². The Bertz CT molecular complexity index is 704. The van der Waals surface area contributed by atoms with Gasteiger partial charge in [0.1, 0.15) is 12.4 Å². The summed E-state index contributed by atoms with van der Waals surface area (Å²) >= 11 is 0. The number of hydrogen-bond donors (Lipinski definition) is 1. The van der Waals surface area contributed by atoms with Crippen molar-refractivity contribution < 1.29 is 9.72 Å². The van der Waals surface area contributed by atoms with E-state index in [1.54, 1.807) is 0 Å². The Balaban J connectivity index is 1.89. The molecule has 122 valence electrons. The van der Waals surface area contributed by atoms with Crippen molar-refractivity contribution in [1.29, 1.82) is 0 Å². The second-order valence-electron chi connectivity index (χ2n) is 5.68. The van der Waals surface area contributed by atoms with Crippen LogP contribution in [0.1, 0.15) is 36.1 Å². The molecule has 0 saturated heterocycles. The van der Waals surface area contributed by atoms with Crippen molar-refractivity contribution in [1.82, 2.24) is 15.1 Å². The van der Waals surface area contributed by atoms with E-state index in [2.05, 4.69) is 28.6 Å². The molecule has 0 aliphatic heterocycles. The molecule has 1 atom stereocenters. The first-order chi connectivity index (χ1) is 10.8. The van der Waals surface area contributed by atoms with Crippen molar-refractivity contribution in [2.75, 3.05) is 0 Å². The molecule has 0 radical (unpaired) electrons. The first-order valence-electron chi connectivity index (χ1n) is 7.39. The van der Waals surface area contributed by atoms with Crippen LogP contribution in [0.4, 0.5) is 5.69 Å². The molecule has 0 saturated carbocycles. The van der Waals surface area contributed by atoms with Crippen LogP contribution in [0.2, 0.25) is 0 Å². The molecule has 1 heterocycles. The number of carbonyl (C=O) groups excluding carboxylic acids is 1. The molecule has 0 aliphatic rings. The number of nitrogens with one attached hydrogen (secondary N) is 1. The highest BCUT2D eigenvalue weighted by Gasteiger charge is 2.12. The molecular formula is C16H20N4O3. The van der Waals surface area contributed by atoms with Gasteiger partial charge in [-0.1, -0.05) is 29.3 Å². The van der Waals surface area contributed by atoms with E-state index >= 15 is 0 Å². The predicted octanol–water partition coefficient (Wildman–Crippen LogP) is 2.68. The van der Waals surface area contributed by atoms with Gasteiger partial charge in [0.2, 0.25) is 5.91 Å². The van der Waals surface area contributed by atoms with Gasteiger partial charge in [0.05, 0.1) is 11.0 Å². The van der Waals surface area contributed by atoms with Crippen LogP contribution in [0.15, 0.2) is 30.6 Å². The summed E-state index contributed by atoms with van der Waals surface area (Å²) in [5.74, 6) is -0.116. The highest BCUT2D eigenvalue weighted by Crippen LogP contribution is 2.16. The SMILES string of the molecule is Cc1cc(C)cc([C@H](C)NC(=O)CCn2cc([N+](=O)[O-])cn2)c1. The summed E-state index contributed by atoms with van der Waals surface area (Å²) in [5, 5.41) is 17.4. The second kappa shape index (κ2) is 7.04. The van der Waals surface area contributed by atoms with Crippen LogP contribution in [0.3, 0.4) is 0 Å². The molecule has 7 heteroatoms. The maximum absolute atomic E-state index is 12.0. The third-order valence-electron chi connectivity index (χ3n) is 3.52. The standard InChI is InChI=1S/C16H20N4O3/c1-11-6-12(2)8-14(7-11)13(3)18-16(21)4-5-19-10-15(9-17-19)20(22)23/h6-10,13H,4-5H2,1-3H3,(H,18,21)/t13-/m0/s1. The van der Waals surface area contributed by atoms with Gasteiger partial charge in [0.25, 0.3) is 0 Å². The zero-order chi connectivity index (χ0) is 17.0. The lowest BCUT2D eigenvalue weighted by Gasteiger charge is -2.16. The van der Waals surface area contributed by atoms with Crippen molar-refractivity contribution in [2.24, 2.45) is 0 Å². The zero-order valence-electron chi connectivity index (χ0n) is 13.4. The number of aryl methyl sites for hydroxylation is 3. The largest absolute Gasteiger partial charge is 0.350 e. The number of hydrogen-bond acceptors (Lipinski definition) is 4. The van der Waals surface area contributed by atoms with Gasteiger partial charge >= 0.3 is 5.69 Å². The van der Waals surface area contributed by atoms with Crippen molar-refractivity contribution >= 4 is 11.6 Å². The lowest BCUT2D eigenvalue weighted by molar-refractivity contribution is -0.385. The van der Waals surface area contributed by atoms with Crippen molar-refractivity contribution in [3.05, 3.63) is 57.4 Å². The number of rotatable bonds is 6. The van der Waals surface area contributed by atoms with Crippen LogP contribution in [-0.2, 0) is 11.3 Å². The van der Waals surface area contributed by atoms with Crippen LogP contribution >= 0.6 is 0 Å². The van der Waals surface area contributed by atoms with Crippen LogP contribution in [0.5, 0.6) is 0 Å². The van der Waals surface area contributed by atoms with Crippen molar-refractivity contribution in [3.8, 4) is 0 Å². The number of nitrogens with zero attached hydrogens (tertiary/aromatic N) is 3. The molecule has 1 N–H and O–H groups in total. The van der Waals surface area contributed by atoms with Crippen molar-refractivity contribution in [2.45, 2.75) is 39.8 Å². The van der Waals surface area contributed by atoms with E-state index in [-0.39, 0.29) is 24.1 Å². The third kappa shape index (κ3) is 4.64.